The van der Waals surface area contributed by atoms with Crippen molar-refractivity contribution >= 4 is 32.7 Å². The van der Waals surface area contributed by atoms with Crippen LogP contribution in [0.2, 0.25) is 0 Å². The highest BCUT2D eigenvalue weighted by molar-refractivity contribution is 7.87. The smallest absolute Gasteiger partial charge is 0.169 e. The molecule has 4 rings (SSSR count). The van der Waals surface area contributed by atoms with Gasteiger partial charge in [0.05, 0.1) is 19.3 Å². The molecule has 4 heterocycles. The van der Waals surface area contributed by atoms with E-state index in [0.29, 0.717) is 31.4 Å². The van der Waals surface area contributed by atoms with Gasteiger partial charge in [0.1, 0.15) is 11.5 Å². The third kappa shape index (κ3) is 3.77. The van der Waals surface area contributed by atoms with Gasteiger partial charge in [0.15, 0.2) is 21.7 Å². The highest BCUT2D eigenvalue weighted by Crippen LogP contribution is 2.30. The normalized spacial score (nSPS) is 19.8. The molecule has 0 spiro atoms. The molecule has 27 heavy (non-hydrogen) atoms. The number of H-pyrrole nitrogens is 1. The second-order valence-electron chi connectivity index (χ2n) is 6.48. The minimum Gasteiger partial charge on any atom is -0.377 e. The van der Waals surface area contributed by atoms with E-state index < -0.39 is 10.0 Å². The second kappa shape index (κ2) is 6.87. The molecule has 0 aliphatic carbocycles. The summed E-state index contributed by atoms with van der Waals surface area (Å²) >= 11 is 0. The Kier molecular flexibility index (Phi) is 4.54. The number of hydrogen-bond acceptors (Lipinski definition) is 7. The molecule has 9 nitrogen and oxygen atoms in total. The van der Waals surface area contributed by atoms with Crippen LogP contribution in [0.3, 0.4) is 0 Å². The zero-order valence-electron chi connectivity index (χ0n) is 15.0. The average molecular weight is 388 g/mol. The Morgan fingerprint density at radius 1 is 1.41 bits per heavy atom. The second-order valence-corrected chi connectivity index (χ2v) is 8.19. The van der Waals surface area contributed by atoms with Gasteiger partial charge in [-0.05, 0) is 19.1 Å². The first-order chi connectivity index (χ1) is 12.9. The topological polar surface area (TPSA) is 117 Å². The standard InChI is InChI=1S/C17H20N6O3S/c1-11-10-26-8-7-23(11)15-9-14(22-27(2,24)25)20-17(21-15)13-4-6-19-16-12(13)3-5-18-16/h3-6,9,11H,7-8,10H2,1-2H3,(H,18,19)(H,20,21,22,24,25)/t11-/m1/s1. The predicted molar refractivity (Wildman–Crippen MR) is 104 cm³/mol. The van der Waals surface area contributed by atoms with Crippen molar-refractivity contribution in [2.45, 2.75) is 13.0 Å². The van der Waals surface area contributed by atoms with Crippen LogP contribution in [0, 0.1) is 0 Å². The maximum absolute atomic E-state index is 11.8. The number of anilines is 1. The molecule has 0 saturated carbocycles. The molecule has 1 saturated heterocycles. The van der Waals surface area contributed by atoms with E-state index in [0.717, 1.165) is 22.9 Å². The van der Waals surface area contributed by atoms with Crippen molar-refractivity contribution in [2.24, 2.45) is 4.36 Å². The van der Waals surface area contributed by atoms with Crippen LogP contribution in [-0.2, 0) is 14.7 Å². The Balaban J connectivity index is 1.91. The SMILES string of the molecule is C[C@@H]1COCCN1c1cc(N=S(C)(=O)O)nc(-c2ccnc3[nH]ccc23)n1. The van der Waals surface area contributed by atoms with Crippen LogP contribution in [0.5, 0.6) is 0 Å². The van der Waals surface area contributed by atoms with Gasteiger partial charge in [-0.2, -0.15) is 4.36 Å². The quantitative estimate of drug-likeness (QED) is 0.708. The van der Waals surface area contributed by atoms with Crippen LogP contribution in [0.25, 0.3) is 22.4 Å². The summed E-state index contributed by atoms with van der Waals surface area (Å²) in [5.74, 6) is 1.25. The van der Waals surface area contributed by atoms with Crippen LogP contribution < -0.4 is 4.90 Å². The van der Waals surface area contributed by atoms with Crippen molar-refractivity contribution in [3.8, 4) is 11.4 Å². The molecular formula is C17H20N6O3S. The molecule has 2 N–H and O–H groups in total. The summed E-state index contributed by atoms with van der Waals surface area (Å²) in [5, 5.41) is 0.872. The van der Waals surface area contributed by atoms with Gasteiger partial charge < -0.3 is 19.2 Å². The number of fused-ring (bicyclic) bond motifs is 1. The monoisotopic (exact) mass is 388 g/mol. The van der Waals surface area contributed by atoms with Gasteiger partial charge in [-0.3, -0.25) is 0 Å². The van der Waals surface area contributed by atoms with Crippen molar-refractivity contribution in [3.63, 3.8) is 0 Å². The molecule has 0 aromatic carbocycles. The first-order valence-electron chi connectivity index (χ1n) is 8.51. The maximum atomic E-state index is 11.8. The van der Waals surface area contributed by atoms with Gasteiger partial charge in [-0.1, -0.05) is 0 Å². The van der Waals surface area contributed by atoms with Gasteiger partial charge in [-0.25, -0.2) is 19.2 Å². The molecule has 0 radical (unpaired) electrons. The average Bonchev–Trinajstić information content (AvgIpc) is 3.09. The molecule has 1 fully saturated rings. The Bertz CT molecular complexity index is 1100. The van der Waals surface area contributed by atoms with E-state index in [9.17, 15) is 8.76 Å². The number of nitrogens with one attached hydrogen (secondary N) is 1. The highest BCUT2D eigenvalue weighted by atomic mass is 32.2. The Hall–Kier alpha value is -2.56. The van der Waals surface area contributed by atoms with Crippen molar-refractivity contribution in [1.82, 2.24) is 19.9 Å². The number of pyridine rings is 1. The van der Waals surface area contributed by atoms with Crippen molar-refractivity contribution in [3.05, 3.63) is 30.6 Å². The predicted octanol–water partition coefficient (Wildman–Crippen LogP) is 2.45. The number of aromatic nitrogens is 4. The third-order valence-electron chi connectivity index (χ3n) is 4.33. The van der Waals surface area contributed by atoms with Crippen LogP contribution in [-0.4, -0.2) is 60.8 Å². The first kappa shape index (κ1) is 17.8. The van der Waals surface area contributed by atoms with Gasteiger partial charge in [0, 0.05) is 42.2 Å². The van der Waals surface area contributed by atoms with E-state index in [4.69, 9.17) is 9.72 Å². The highest BCUT2D eigenvalue weighted by Gasteiger charge is 2.22. The molecule has 0 amide bonds. The van der Waals surface area contributed by atoms with E-state index in [2.05, 4.69) is 24.2 Å². The maximum Gasteiger partial charge on any atom is 0.169 e. The van der Waals surface area contributed by atoms with Gasteiger partial charge >= 0.3 is 0 Å². The molecular weight excluding hydrogens is 368 g/mol. The lowest BCUT2D eigenvalue weighted by atomic mass is 10.1. The van der Waals surface area contributed by atoms with E-state index in [1.54, 1.807) is 18.5 Å². The fourth-order valence-corrected chi connectivity index (χ4v) is 3.57. The number of ether oxygens (including phenoxy) is 1. The molecule has 1 unspecified atom stereocenters. The number of rotatable bonds is 3. The first-order valence-corrected chi connectivity index (χ1v) is 10.4. The largest absolute Gasteiger partial charge is 0.377 e. The van der Waals surface area contributed by atoms with Gasteiger partial charge in [0.2, 0.25) is 0 Å². The molecule has 1 aliphatic rings. The van der Waals surface area contributed by atoms with Crippen LogP contribution >= 0.6 is 0 Å². The minimum absolute atomic E-state index is 0.124. The Morgan fingerprint density at radius 2 is 2.26 bits per heavy atom. The number of hydrogen-bond donors (Lipinski definition) is 2. The van der Waals surface area contributed by atoms with Crippen LogP contribution in [0.15, 0.2) is 35.0 Å². The summed E-state index contributed by atoms with van der Waals surface area (Å²) in [6.07, 6.45) is 4.63. The van der Waals surface area contributed by atoms with E-state index in [1.165, 1.54) is 0 Å². The third-order valence-corrected chi connectivity index (χ3v) is 4.85. The van der Waals surface area contributed by atoms with E-state index in [1.807, 2.05) is 19.1 Å². The summed E-state index contributed by atoms with van der Waals surface area (Å²) in [5.41, 5.74) is 1.50. The number of morpholine rings is 1. The Labute approximate surface area is 156 Å². The Morgan fingerprint density at radius 3 is 3.04 bits per heavy atom. The number of aromatic amines is 1. The lowest BCUT2D eigenvalue weighted by molar-refractivity contribution is 0.0985. The molecule has 10 heteroatoms. The lowest BCUT2D eigenvalue weighted by Gasteiger charge is -2.34. The zero-order valence-corrected chi connectivity index (χ0v) is 15.8. The molecule has 3 aromatic heterocycles. The molecule has 0 bridgehead atoms. The molecule has 1 aliphatic heterocycles. The van der Waals surface area contributed by atoms with Gasteiger partial charge in [0.25, 0.3) is 0 Å². The fourth-order valence-electron chi connectivity index (χ4n) is 3.13. The van der Waals surface area contributed by atoms with Crippen LogP contribution in [0.4, 0.5) is 11.6 Å². The van der Waals surface area contributed by atoms with Crippen molar-refractivity contribution in [1.29, 1.82) is 0 Å². The summed E-state index contributed by atoms with van der Waals surface area (Å²) < 4.78 is 30.9. The molecule has 142 valence electrons. The zero-order chi connectivity index (χ0) is 19.0. The lowest BCUT2D eigenvalue weighted by Crippen LogP contribution is -2.44. The molecule has 2 atom stereocenters. The fraction of sp³-hybridized carbons (Fsp3) is 0.353. The molecule has 3 aromatic rings. The van der Waals surface area contributed by atoms with Crippen molar-refractivity contribution in [2.75, 3.05) is 30.9 Å². The summed E-state index contributed by atoms with van der Waals surface area (Å²) in [4.78, 5) is 18.6. The minimum atomic E-state index is -3.35. The van der Waals surface area contributed by atoms with Gasteiger partial charge in [-0.15, -0.1) is 0 Å². The van der Waals surface area contributed by atoms with Crippen LogP contribution in [0.1, 0.15) is 6.92 Å². The summed E-state index contributed by atoms with van der Waals surface area (Å²) in [7, 11) is -3.35. The summed E-state index contributed by atoms with van der Waals surface area (Å²) in [6, 6.07) is 5.49. The van der Waals surface area contributed by atoms with E-state index >= 15 is 0 Å². The summed E-state index contributed by atoms with van der Waals surface area (Å²) in [6.45, 7) is 3.91. The number of nitrogens with zero attached hydrogens (tertiary/aromatic N) is 5. The van der Waals surface area contributed by atoms with E-state index in [-0.39, 0.29) is 11.9 Å². The van der Waals surface area contributed by atoms with Crippen molar-refractivity contribution < 1.29 is 13.5 Å².